The zero-order valence-corrected chi connectivity index (χ0v) is 19.7. The quantitative estimate of drug-likeness (QED) is 0.656. The van der Waals surface area contributed by atoms with Gasteiger partial charge in [0.25, 0.3) is 0 Å². The van der Waals surface area contributed by atoms with E-state index in [0.717, 1.165) is 24.4 Å². The van der Waals surface area contributed by atoms with E-state index < -0.39 is 15.1 Å². The summed E-state index contributed by atoms with van der Waals surface area (Å²) in [6, 6.07) is 8.29. The summed E-state index contributed by atoms with van der Waals surface area (Å²) in [6.07, 6.45) is 1.56. The second-order valence-electron chi connectivity index (χ2n) is 9.41. The highest BCUT2D eigenvalue weighted by atomic mass is 32.2. The number of piperidine rings is 1. The van der Waals surface area contributed by atoms with Gasteiger partial charge in [0.1, 0.15) is 11.0 Å². The molecule has 0 aromatic heterocycles. The molecule has 3 aliphatic heterocycles. The lowest BCUT2D eigenvalue weighted by Gasteiger charge is -2.48. The van der Waals surface area contributed by atoms with Gasteiger partial charge in [-0.05, 0) is 62.3 Å². The Labute approximate surface area is 181 Å². The Morgan fingerprint density at radius 3 is 2.43 bits per heavy atom. The van der Waals surface area contributed by atoms with Gasteiger partial charge in [-0.2, -0.15) is 0 Å². The predicted molar refractivity (Wildman–Crippen MR) is 121 cm³/mol. The van der Waals surface area contributed by atoms with E-state index >= 15 is 0 Å². The Kier molecular flexibility index (Phi) is 6.70. The molecule has 3 heterocycles. The maximum atomic E-state index is 13.2. The molecule has 7 heteroatoms. The van der Waals surface area contributed by atoms with Crippen molar-refractivity contribution in [3.8, 4) is 5.75 Å². The van der Waals surface area contributed by atoms with Crippen LogP contribution in [0.25, 0.3) is 0 Å². The number of carbonyl (C=O) groups is 1. The van der Waals surface area contributed by atoms with Crippen LogP contribution in [0.1, 0.15) is 47.5 Å². The fraction of sp³-hybridized carbons (Fsp3) is 0.696. The van der Waals surface area contributed by atoms with Gasteiger partial charge in [-0.25, -0.2) is 8.42 Å². The van der Waals surface area contributed by atoms with E-state index in [1.807, 2.05) is 30.9 Å². The number of rotatable bonds is 7. The Hall–Kier alpha value is -1.76. The van der Waals surface area contributed by atoms with E-state index in [1.165, 1.54) is 0 Å². The minimum atomic E-state index is -3.41. The van der Waals surface area contributed by atoms with E-state index in [-0.39, 0.29) is 23.1 Å². The summed E-state index contributed by atoms with van der Waals surface area (Å²) in [5.41, 5.74) is 1.16. The van der Waals surface area contributed by atoms with Crippen LogP contribution in [0.3, 0.4) is 0 Å². The number of anilines is 1. The molecule has 3 atom stereocenters. The van der Waals surface area contributed by atoms with Crippen molar-refractivity contribution >= 4 is 21.4 Å². The maximum Gasteiger partial charge on any atom is 0.240 e. The van der Waals surface area contributed by atoms with Crippen LogP contribution in [0.2, 0.25) is 0 Å². The summed E-state index contributed by atoms with van der Waals surface area (Å²) in [5, 5.41) is -0.975. The number of hydrogen-bond acceptors (Lipinski definition) is 5. The summed E-state index contributed by atoms with van der Waals surface area (Å²) in [7, 11) is -3.41. The van der Waals surface area contributed by atoms with Gasteiger partial charge in [-0.3, -0.25) is 4.79 Å². The Bertz CT molecular complexity index is 850. The third-order valence-electron chi connectivity index (χ3n) is 6.59. The smallest absolute Gasteiger partial charge is 0.240 e. The molecule has 3 saturated heterocycles. The molecule has 3 aliphatic rings. The van der Waals surface area contributed by atoms with Crippen LogP contribution in [0, 0.1) is 11.3 Å². The van der Waals surface area contributed by atoms with Gasteiger partial charge in [0.15, 0.2) is 9.84 Å². The maximum absolute atomic E-state index is 13.2. The zero-order valence-electron chi connectivity index (χ0n) is 18.9. The van der Waals surface area contributed by atoms with Crippen LogP contribution in [0.15, 0.2) is 24.3 Å². The molecule has 4 rings (SSSR count). The first-order chi connectivity index (χ1) is 14.1. The average molecular weight is 437 g/mol. The van der Waals surface area contributed by atoms with Crippen LogP contribution in [0.5, 0.6) is 5.75 Å². The van der Waals surface area contributed by atoms with Crippen molar-refractivity contribution in [3.05, 3.63) is 24.3 Å². The van der Waals surface area contributed by atoms with Gasteiger partial charge >= 0.3 is 0 Å². The van der Waals surface area contributed by atoms with E-state index in [1.54, 1.807) is 6.92 Å². The first-order valence-corrected chi connectivity index (χ1v) is 12.8. The molecular formula is C23H36N2O4S. The first-order valence-electron chi connectivity index (χ1n) is 11.1. The van der Waals surface area contributed by atoms with Crippen molar-refractivity contribution in [1.29, 1.82) is 0 Å². The molecule has 3 fully saturated rings. The highest BCUT2D eigenvalue weighted by molar-refractivity contribution is 7.92. The fourth-order valence-corrected chi connectivity index (χ4v) is 6.45. The fourth-order valence-electron chi connectivity index (χ4n) is 5.07. The molecule has 1 amide bonds. The molecule has 0 aliphatic carbocycles. The molecular weight excluding hydrogens is 400 g/mol. The molecule has 1 aromatic carbocycles. The lowest BCUT2D eigenvalue weighted by Crippen LogP contribution is -2.54. The number of benzene rings is 1. The number of fused-ring (bicyclic) bond motifs is 4. The SMILES string of the molecule is CCCS(=O)(=O)C(C)C(=O)N1C[C@@H]2CN(c3ccc(OCC)cc3)[C@H](C1)C(C)(C)C2. The van der Waals surface area contributed by atoms with Gasteiger partial charge in [-0.1, -0.05) is 20.8 Å². The molecule has 0 N–H and O–H groups in total. The molecule has 6 nitrogen and oxygen atoms in total. The van der Waals surface area contributed by atoms with Crippen molar-refractivity contribution in [2.45, 2.75) is 58.8 Å². The van der Waals surface area contributed by atoms with Gasteiger partial charge in [0.2, 0.25) is 5.91 Å². The summed E-state index contributed by atoms with van der Waals surface area (Å²) in [4.78, 5) is 17.4. The summed E-state index contributed by atoms with van der Waals surface area (Å²) < 4.78 is 30.6. The molecule has 0 saturated carbocycles. The highest BCUT2D eigenvalue weighted by Gasteiger charge is 2.47. The number of carbonyl (C=O) groups excluding carboxylic acids is 1. The van der Waals surface area contributed by atoms with Gasteiger partial charge in [0.05, 0.1) is 18.4 Å². The zero-order chi connectivity index (χ0) is 22.1. The van der Waals surface area contributed by atoms with Crippen molar-refractivity contribution in [2.24, 2.45) is 11.3 Å². The molecule has 1 unspecified atom stereocenters. The van der Waals surface area contributed by atoms with Crippen LogP contribution >= 0.6 is 0 Å². The standard InChI is InChI=1S/C23H36N2O4S/c1-6-12-30(27,28)17(3)22(26)24-14-18-13-23(4,5)21(16-24)25(15-18)19-8-10-20(11-9-19)29-7-2/h8-11,17-18,21H,6-7,12-16H2,1-5H3/t17?,18-,21-/m1/s1. The minimum absolute atomic E-state index is 0.0298. The predicted octanol–water partition coefficient (Wildman–Crippen LogP) is 3.36. The number of hydrogen-bond donors (Lipinski definition) is 0. The van der Waals surface area contributed by atoms with Crippen molar-refractivity contribution in [3.63, 3.8) is 0 Å². The Balaban J connectivity index is 1.85. The number of sulfone groups is 1. The summed E-state index contributed by atoms with van der Waals surface area (Å²) in [6.45, 7) is 12.6. The van der Waals surface area contributed by atoms with Gasteiger partial charge < -0.3 is 14.5 Å². The second-order valence-corrected chi connectivity index (χ2v) is 11.8. The third-order valence-corrected chi connectivity index (χ3v) is 8.84. The Morgan fingerprint density at radius 2 is 1.83 bits per heavy atom. The molecule has 168 valence electrons. The highest BCUT2D eigenvalue weighted by Crippen LogP contribution is 2.43. The number of ether oxygens (including phenoxy) is 1. The molecule has 2 bridgehead atoms. The first kappa shape index (κ1) is 22.9. The Morgan fingerprint density at radius 1 is 1.17 bits per heavy atom. The van der Waals surface area contributed by atoms with E-state index in [9.17, 15) is 13.2 Å². The molecule has 0 radical (unpaired) electrons. The van der Waals surface area contributed by atoms with Crippen LogP contribution in [-0.2, 0) is 14.6 Å². The summed E-state index contributed by atoms with van der Waals surface area (Å²) >= 11 is 0. The van der Waals surface area contributed by atoms with Crippen LogP contribution in [-0.4, -0.2) is 62.5 Å². The lowest BCUT2D eigenvalue weighted by molar-refractivity contribution is -0.130. The van der Waals surface area contributed by atoms with Crippen LogP contribution in [0.4, 0.5) is 5.69 Å². The normalized spacial score (nSPS) is 24.4. The number of amides is 1. The van der Waals surface area contributed by atoms with Crippen molar-refractivity contribution < 1.29 is 17.9 Å². The van der Waals surface area contributed by atoms with E-state index in [0.29, 0.717) is 32.0 Å². The van der Waals surface area contributed by atoms with Crippen LogP contribution < -0.4 is 9.64 Å². The second kappa shape index (κ2) is 8.77. The lowest BCUT2D eigenvalue weighted by atomic mass is 9.73. The van der Waals surface area contributed by atoms with Crippen molar-refractivity contribution in [2.75, 3.05) is 36.9 Å². The van der Waals surface area contributed by atoms with E-state index in [2.05, 4.69) is 30.9 Å². The summed E-state index contributed by atoms with van der Waals surface area (Å²) in [5.74, 6) is 0.983. The average Bonchev–Trinajstić information content (AvgIpc) is 2.94. The topological polar surface area (TPSA) is 66.9 Å². The third kappa shape index (κ3) is 4.61. The minimum Gasteiger partial charge on any atom is -0.494 e. The molecule has 1 aromatic rings. The van der Waals surface area contributed by atoms with Gasteiger partial charge in [-0.15, -0.1) is 0 Å². The number of nitrogens with zero attached hydrogens (tertiary/aromatic N) is 2. The van der Waals surface area contributed by atoms with E-state index in [4.69, 9.17) is 4.74 Å². The largest absolute Gasteiger partial charge is 0.494 e. The van der Waals surface area contributed by atoms with Crippen molar-refractivity contribution in [1.82, 2.24) is 4.90 Å². The molecule has 0 spiro atoms. The molecule has 30 heavy (non-hydrogen) atoms. The van der Waals surface area contributed by atoms with Gasteiger partial charge in [0, 0.05) is 25.3 Å². The monoisotopic (exact) mass is 436 g/mol.